The fraction of sp³-hybridized carbons (Fsp3) is 0.389. The van der Waals surface area contributed by atoms with Crippen LogP contribution in [0.25, 0.3) is 0 Å². The highest BCUT2D eigenvalue weighted by Crippen LogP contribution is 2.38. The maximum absolute atomic E-state index is 4.54. The van der Waals surface area contributed by atoms with Gasteiger partial charge in [0.05, 0.1) is 0 Å². The van der Waals surface area contributed by atoms with Crippen LogP contribution in [0.15, 0.2) is 47.1 Å². The molecule has 0 bridgehead atoms. The smallest absolute Gasteiger partial charge is 0.0420 e. The molecule has 0 fully saturated rings. The lowest BCUT2D eigenvalue weighted by Crippen LogP contribution is -2.42. The summed E-state index contributed by atoms with van der Waals surface area (Å²) >= 11 is 3.45. The molecule has 3 rings (SSSR count). The Morgan fingerprint density at radius 3 is 2.86 bits per heavy atom. The predicted octanol–water partition coefficient (Wildman–Crippen LogP) is 4.09. The first-order valence-corrected chi connectivity index (χ1v) is 8.49. The molecule has 21 heavy (non-hydrogen) atoms. The third kappa shape index (κ3) is 3.35. The van der Waals surface area contributed by atoms with Crippen LogP contribution in [-0.4, -0.2) is 17.6 Å². The maximum Gasteiger partial charge on any atom is 0.0420 e. The standard InChI is InChI=1S/C18H21BrN2/c1-2-9-20-18(11-15-8-7-14(19)12-21-15)17-10-13-5-3-4-6-16(13)17/h3-8,12,17-18,20H,2,9-11H2,1H3. The summed E-state index contributed by atoms with van der Waals surface area (Å²) in [6.45, 7) is 3.29. The number of hydrogen-bond acceptors (Lipinski definition) is 2. The molecule has 110 valence electrons. The second-order valence-electron chi connectivity index (χ2n) is 5.74. The molecule has 0 spiro atoms. The molecule has 1 N–H and O–H groups in total. The second kappa shape index (κ2) is 6.71. The first-order valence-electron chi connectivity index (χ1n) is 7.69. The van der Waals surface area contributed by atoms with Gasteiger partial charge in [-0.1, -0.05) is 31.2 Å². The van der Waals surface area contributed by atoms with Crippen molar-refractivity contribution in [1.82, 2.24) is 10.3 Å². The molecule has 1 aromatic carbocycles. The predicted molar refractivity (Wildman–Crippen MR) is 90.6 cm³/mol. The number of halogens is 1. The molecule has 0 amide bonds. The van der Waals surface area contributed by atoms with E-state index in [-0.39, 0.29) is 0 Å². The first-order chi connectivity index (χ1) is 10.3. The summed E-state index contributed by atoms with van der Waals surface area (Å²) in [6, 6.07) is 13.5. The molecule has 0 saturated heterocycles. The van der Waals surface area contributed by atoms with E-state index in [9.17, 15) is 0 Å². The third-order valence-corrected chi connectivity index (χ3v) is 4.72. The van der Waals surface area contributed by atoms with E-state index < -0.39 is 0 Å². The molecular weight excluding hydrogens is 324 g/mol. The van der Waals surface area contributed by atoms with Gasteiger partial charge < -0.3 is 5.32 Å². The molecule has 1 aliphatic rings. The number of rotatable bonds is 6. The average Bonchev–Trinajstić information content (AvgIpc) is 2.48. The zero-order valence-electron chi connectivity index (χ0n) is 12.3. The topological polar surface area (TPSA) is 24.9 Å². The Hall–Kier alpha value is -1.19. The number of benzene rings is 1. The molecule has 1 aromatic heterocycles. The lowest BCUT2D eigenvalue weighted by molar-refractivity contribution is 0.395. The normalized spacial score (nSPS) is 17.9. The van der Waals surface area contributed by atoms with Crippen molar-refractivity contribution in [3.63, 3.8) is 0 Å². The Morgan fingerprint density at radius 2 is 2.14 bits per heavy atom. The largest absolute Gasteiger partial charge is 0.313 e. The van der Waals surface area contributed by atoms with Gasteiger partial charge >= 0.3 is 0 Å². The van der Waals surface area contributed by atoms with Gasteiger partial charge in [0.25, 0.3) is 0 Å². The van der Waals surface area contributed by atoms with Crippen LogP contribution in [0.5, 0.6) is 0 Å². The zero-order chi connectivity index (χ0) is 14.7. The quantitative estimate of drug-likeness (QED) is 0.853. The van der Waals surface area contributed by atoms with Crippen molar-refractivity contribution in [1.29, 1.82) is 0 Å². The monoisotopic (exact) mass is 344 g/mol. The molecule has 3 heteroatoms. The minimum absolute atomic E-state index is 0.480. The van der Waals surface area contributed by atoms with Crippen LogP contribution in [0.4, 0.5) is 0 Å². The Kier molecular flexibility index (Phi) is 4.71. The van der Waals surface area contributed by atoms with Gasteiger partial charge in [0, 0.05) is 34.7 Å². The van der Waals surface area contributed by atoms with E-state index in [0.29, 0.717) is 12.0 Å². The fourth-order valence-electron chi connectivity index (χ4n) is 3.10. The molecule has 0 aliphatic heterocycles. The number of nitrogens with zero attached hydrogens (tertiary/aromatic N) is 1. The van der Waals surface area contributed by atoms with Gasteiger partial charge in [-0.2, -0.15) is 0 Å². The lowest BCUT2D eigenvalue weighted by atomic mass is 9.72. The molecule has 2 unspecified atom stereocenters. The molecule has 1 aliphatic carbocycles. The SMILES string of the molecule is CCCNC(Cc1ccc(Br)cn1)C1Cc2ccccc21. The van der Waals surface area contributed by atoms with Crippen molar-refractivity contribution in [2.45, 2.75) is 38.1 Å². The van der Waals surface area contributed by atoms with E-state index in [1.165, 1.54) is 24.0 Å². The van der Waals surface area contributed by atoms with Gasteiger partial charge in [0.1, 0.15) is 0 Å². The van der Waals surface area contributed by atoms with Crippen molar-refractivity contribution in [2.24, 2.45) is 0 Å². The van der Waals surface area contributed by atoms with Crippen LogP contribution < -0.4 is 5.32 Å². The van der Waals surface area contributed by atoms with Crippen LogP contribution in [0.2, 0.25) is 0 Å². The van der Waals surface area contributed by atoms with Crippen molar-refractivity contribution < 1.29 is 0 Å². The van der Waals surface area contributed by atoms with Crippen LogP contribution >= 0.6 is 15.9 Å². The zero-order valence-corrected chi connectivity index (χ0v) is 13.9. The highest BCUT2D eigenvalue weighted by molar-refractivity contribution is 9.10. The maximum atomic E-state index is 4.54. The number of nitrogens with one attached hydrogen (secondary N) is 1. The van der Waals surface area contributed by atoms with E-state index in [1.54, 1.807) is 0 Å². The Labute approximate surface area is 135 Å². The van der Waals surface area contributed by atoms with Crippen LogP contribution in [-0.2, 0) is 12.8 Å². The number of aromatic nitrogens is 1. The fourth-order valence-corrected chi connectivity index (χ4v) is 3.33. The first kappa shape index (κ1) is 14.7. The minimum atomic E-state index is 0.480. The van der Waals surface area contributed by atoms with E-state index in [2.05, 4.69) is 69.6 Å². The molecular formula is C18H21BrN2. The minimum Gasteiger partial charge on any atom is -0.313 e. The van der Waals surface area contributed by atoms with Crippen molar-refractivity contribution in [3.05, 3.63) is 63.9 Å². The Balaban J connectivity index is 1.74. The summed E-state index contributed by atoms with van der Waals surface area (Å²) in [4.78, 5) is 4.54. The molecule has 2 aromatic rings. The average molecular weight is 345 g/mol. The highest BCUT2D eigenvalue weighted by Gasteiger charge is 2.32. The summed E-state index contributed by atoms with van der Waals surface area (Å²) in [5, 5.41) is 3.72. The number of pyridine rings is 1. The van der Waals surface area contributed by atoms with Crippen molar-refractivity contribution in [2.75, 3.05) is 6.54 Å². The van der Waals surface area contributed by atoms with Crippen LogP contribution in [0, 0.1) is 0 Å². The summed E-state index contributed by atoms with van der Waals surface area (Å²) in [6.07, 6.45) is 5.24. The molecule has 2 atom stereocenters. The van der Waals surface area contributed by atoms with E-state index >= 15 is 0 Å². The summed E-state index contributed by atoms with van der Waals surface area (Å²) in [7, 11) is 0. The van der Waals surface area contributed by atoms with E-state index in [1.807, 2.05) is 6.20 Å². The number of hydrogen-bond donors (Lipinski definition) is 1. The molecule has 2 nitrogen and oxygen atoms in total. The summed E-state index contributed by atoms with van der Waals surface area (Å²) in [5.41, 5.74) is 4.19. The van der Waals surface area contributed by atoms with Gasteiger partial charge in [-0.15, -0.1) is 0 Å². The van der Waals surface area contributed by atoms with Gasteiger partial charge in [0.15, 0.2) is 0 Å². The molecule has 1 heterocycles. The van der Waals surface area contributed by atoms with E-state index in [0.717, 1.165) is 23.1 Å². The van der Waals surface area contributed by atoms with Crippen molar-refractivity contribution in [3.8, 4) is 0 Å². The summed E-state index contributed by atoms with van der Waals surface area (Å²) in [5.74, 6) is 0.623. The number of fused-ring (bicyclic) bond motifs is 1. The lowest BCUT2D eigenvalue weighted by Gasteiger charge is -2.37. The van der Waals surface area contributed by atoms with Gasteiger partial charge in [-0.05, 0) is 58.6 Å². The van der Waals surface area contributed by atoms with Gasteiger partial charge in [-0.3, -0.25) is 4.98 Å². The second-order valence-corrected chi connectivity index (χ2v) is 6.66. The van der Waals surface area contributed by atoms with Gasteiger partial charge in [-0.25, -0.2) is 0 Å². The van der Waals surface area contributed by atoms with Crippen LogP contribution in [0.1, 0.15) is 36.1 Å². The highest BCUT2D eigenvalue weighted by atomic mass is 79.9. The van der Waals surface area contributed by atoms with Crippen LogP contribution in [0.3, 0.4) is 0 Å². The third-order valence-electron chi connectivity index (χ3n) is 4.25. The summed E-state index contributed by atoms with van der Waals surface area (Å²) < 4.78 is 1.04. The molecule has 0 radical (unpaired) electrons. The Morgan fingerprint density at radius 1 is 1.29 bits per heavy atom. The van der Waals surface area contributed by atoms with E-state index in [4.69, 9.17) is 0 Å². The molecule has 0 saturated carbocycles. The van der Waals surface area contributed by atoms with Gasteiger partial charge in [0.2, 0.25) is 0 Å². The Bertz CT molecular complexity index is 594. The van der Waals surface area contributed by atoms with Crippen molar-refractivity contribution >= 4 is 15.9 Å².